The highest BCUT2D eigenvalue weighted by molar-refractivity contribution is 6.34. The highest BCUT2D eigenvalue weighted by Crippen LogP contribution is 2.24. The van der Waals surface area contributed by atoms with E-state index in [0.29, 0.717) is 16.7 Å². The quantitative estimate of drug-likeness (QED) is 0.559. The van der Waals surface area contributed by atoms with E-state index in [4.69, 9.17) is 27.9 Å². The lowest BCUT2D eigenvalue weighted by Crippen LogP contribution is -2.54. The van der Waals surface area contributed by atoms with Crippen molar-refractivity contribution in [3.63, 3.8) is 0 Å². The summed E-state index contributed by atoms with van der Waals surface area (Å²) in [6.45, 7) is 10.1. The third kappa shape index (κ3) is 6.63. The molecule has 30 heavy (non-hydrogen) atoms. The molecule has 1 saturated heterocycles. The van der Waals surface area contributed by atoms with E-state index in [1.165, 1.54) is 5.56 Å². The predicted octanol–water partition coefficient (Wildman–Crippen LogP) is 5.51. The Bertz CT molecular complexity index is 852. The van der Waals surface area contributed by atoms with Crippen molar-refractivity contribution in [3.8, 4) is 5.75 Å². The van der Waals surface area contributed by atoms with Crippen molar-refractivity contribution in [1.29, 1.82) is 0 Å². The summed E-state index contributed by atoms with van der Waals surface area (Å²) < 4.78 is 5.84. The number of halogens is 2. The Balaban J connectivity index is 1.44. The Morgan fingerprint density at radius 2 is 1.67 bits per heavy atom. The van der Waals surface area contributed by atoms with Gasteiger partial charge in [0.1, 0.15) is 12.4 Å². The van der Waals surface area contributed by atoms with E-state index in [1.807, 2.05) is 36.2 Å². The average molecular weight is 449 g/mol. The molecule has 0 spiro atoms. The molecule has 162 valence electrons. The van der Waals surface area contributed by atoms with Crippen LogP contribution in [0.15, 0.2) is 42.5 Å². The molecule has 1 aliphatic heterocycles. The SMILES string of the molecule is CN(CC(C)(C)C)C(=O)C1CN(Cc2ccc(OCc3cc(Cl)cc(Cl)c3)cc2)C1. The second-order valence-electron chi connectivity index (χ2n) is 9.36. The van der Waals surface area contributed by atoms with E-state index in [1.54, 1.807) is 6.07 Å². The van der Waals surface area contributed by atoms with Gasteiger partial charge in [0, 0.05) is 43.3 Å². The summed E-state index contributed by atoms with van der Waals surface area (Å²) in [5.41, 5.74) is 2.27. The maximum atomic E-state index is 12.5. The van der Waals surface area contributed by atoms with Crippen molar-refractivity contribution in [2.45, 2.75) is 33.9 Å². The molecule has 0 aromatic heterocycles. The van der Waals surface area contributed by atoms with Crippen LogP contribution in [0.5, 0.6) is 5.75 Å². The van der Waals surface area contributed by atoms with Gasteiger partial charge in [-0.05, 0) is 46.9 Å². The normalized spacial score (nSPS) is 15.0. The Labute approximate surface area is 189 Å². The van der Waals surface area contributed by atoms with E-state index in [-0.39, 0.29) is 17.2 Å². The molecule has 6 heteroatoms. The first-order chi connectivity index (χ1) is 14.1. The van der Waals surface area contributed by atoms with Gasteiger partial charge in [-0.25, -0.2) is 0 Å². The first kappa shape index (κ1) is 22.9. The summed E-state index contributed by atoms with van der Waals surface area (Å²) in [5.74, 6) is 1.17. The molecule has 1 amide bonds. The topological polar surface area (TPSA) is 32.8 Å². The van der Waals surface area contributed by atoms with Crippen LogP contribution in [0.1, 0.15) is 31.9 Å². The summed E-state index contributed by atoms with van der Waals surface area (Å²) in [5, 5.41) is 1.21. The zero-order valence-corrected chi connectivity index (χ0v) is 19.6. The smallest absolute Gasteiger partial charge is 0.228 e. The fraction of sp³-hybridized carbons (Fsp3) is 0.458. The van der Waals surface area contributed by atoms with Crippen LogP contribution < -0.4 is 4.74 Å². The Morgan fingerprint density at radius 1 is 1.07 bits per heavy atom. The van der Waals surface area contributed by atoms with Crippen LogP contribution in [0.4, 0.5) is 0 Å². The van der Waals surface area contributed by atoms with Gasteiger partial charge in [0.05, 0.1) is 5.92 Å². The minimum absolute atomic E-state index is 0.115. The lowest BCUT2D eigenvalue weighted by molar-refractivity contribution is -0.141. The van der Waals surface area contributed by atoms with E-state index >= 15 is 0 Å². The van der Waals surface area contributed by atoms with E-state index < -0.39 is 0 Å². The average Bonchev–Trinajstić information content (AvgIpc) is 2.61. The van der Waals surface area contributed by atoms with Gasteiger partial charge in [0.25, 0.3) is 0 Å². The van der Waals surface area contributed by atoms with Crippen LogP contribution in [0.3, 0.4) is 0 Å². The first-order valence-corrected chi connectivity index (χ1v) is 11.0. The summed E-state index contributed by atoms with van der Waals surface area (Å²) in [4.78, 5) is 16.7. The molecule has 0 radical (unpaired) electrons. The van der Waals surface area contributed by atoms with Crippen molar-refractivity contribution < 1.29 is 9.53 Å². The third-order valence-electron chi connectivity index (χ3n) is 5.05. The molecule has 0 N–H and O–H groups in total. The third-order valence-corrected chi connectivity index (χ3v) is 5.49. The van der Waals surface area contributed by atoms with Crippen LogP contribution in [0.25, 0.3) is 0 Å². The molecular formula is C24H30Cl2N2O2. The molecule has 4 nitrogen and oxygen atoms in total. The predicted molar refractivity (Wildman–Crippen MR) is 123 cm³/mol. The molecule has 0 atom stereocenters. The monoisotopic (exact) mass is 448 g/mol. The van der Waals surface area contributed by atoms with E-state index in [9.17, 15) is 4.79 Å². The molecular weight excluding hydrogens is 419 g/mol. The van der Waals surface area contributed by atoms with Crippen molar-refractivity contribution in [2.75, 3.05) is 26.7 Å². The number of hydrogen-bond acceptors (Lipinski definition) is 3. The highest BCUT2D eigenvalue weighted by Gasteiger charge is 2.34. The molecule has 2 aromatic carbocycles. The Kier molecular flexibility index (Phi) is 7.33. The summed E-state index contributed by atoms with van der Waals surface area (Å²) in [6.07, 6.45) is 0. The van der Waals surface area contributed by atoms with Crippen molar-refractivity contribution in [2.24, 2.45) is 11.3 Å². The lowest BCUT2D eigenvalue weighted by Gasteiger charge is -2.41. The summed E-state index contributed by atoms with van der Waals surface area (Å²) in [7, 11) is 1.91. The fourth-order valence-corrected chi connectivity index (χ4v) is 4.34. The summed E-state index contributed by atoms with van der Waals surface area (Å²) >= 11 is 12.1. The minimum atomic E-state index is 0.115. The molecule has 0 unspecified atom stereocenters. The second-order valence-corrected chi connectivity index (χ2v) is 10.2. The first-order valence-electron chi connectivity index (χ1n) is 10.2. The van der Waals surface area contributed by atoms with Gasteiger partial charge < -0.3 is 9.64 Å². The number of nitrogens with zero attached hydrogens (tertiary/aromatic N) is 2. The highest BCUT2D eigenvalue weighted by atomic mass is 35.5. The van der Waals surface area contributed by atoms with Crippen LogP contribution in [0.2, 0.25) is 10.0 Å². The van der Waals surface area contributed by atoms with E-state index in [2.05, 4.69) is 37.8 Å². The van der Waals surface area contributed by atoms with Gasteiger partial charge in [-0.3, -0.25) is 9.69 Å². The number of rotatable bonds is 7. The van der Waals surface area contributed by atoms with Gasteiger partial charge in [0.15, 0.2) is 0 Å². The van der Waals surface area contributed by atoms with Crippen molar-refractivity contribution in [1.82, 2.24) is 9.80 Å². The standard InChI is InChI=1S/C24H30Cl2N2O2/c1-24(2,3)16-27(4)23(29)19-13-28(14-19)12-17-5-7-22(8-6-17)30-15-18-9-20(25)11-21(26)10-18/h5-11,19H,12-16H2,1-4H3. The summed E-state index contributed by atoms with van der Waals surface area (Å²) in [6, 6.07) is 13.5. The molecule has 1 fully saturated rings. The molecule has 0 aliphatic carbocycles. The number of hydrogen-bond donors (Lipinski definition) is 0. The number of ether oxygens (including phenoxy) is 1. The maximum Gasteiger partial charge on any atom is 0.228 e. The lowest BCUT2D eigenvalue weighted by atomic mass is 9.93. The van der Waals surface area contributed by atoms with Gasteiger partial charge in [-0.2, -0.15) is 0 Å². The van der Waals surface area contributed by atoms with Gasteiger partial charge in [-0.1, -0.05) is 56.1 Å². The maximum absolute atomic E-state index is 12.5. The van der Waals surface area contributed by atoms with Crippen molar-refractivity contribution >= 4 is 29.1 Å². The van der Waals surface area contributed by atoms with E-state index in [0.717, 1.165) is 37.5 Å². The second kappa shape index (κ2) is 9.59. The molecule has 1 aliphatic rings. The molecule has 0 saturated carbocycles. The van der Waals surface area contributed by atoms with Gasteiger partial charge in [0.2, 0.25) is 5.91 Å². The number of amides is 1. The number of carbonyl (C=O) groups is 1. The van der Waals surface area contributed by atoms with Gasteiger partial charge >= 0.3 is 0 Å². The number of likely N-dealkylation sites (tertiary alicyclic amines) is 1. The Morgan fingerprint density at radius 3 is 2.23 bits per heavy atom. The fourth-order valence-electron chi connectivity index (χ4n) is 3.77. The molecule has 1 heterocycles. The van der Waals surface area contributed by atoms with Crippen LogP contribution in [-0.4, -0.2) is 42.4 Å². The Hall–Kier alpha value is -1.75. The molecule has 3 rings (SSSR count). The van der Waals surface area contributed by atoms with Crippen molar-refractivity contribution in [3.05, 3.63) is 63.6 Å². The minimum Gasteiger partial charge on any atom is -0.489 e. The van der Waals surface area contributed by atoms with Crippen LogP contribution in [-0.2, 0) is 17.9 Å². The van der Waals surface area contributed by atoms with Gasteiger partial charge in [-0.15, -0.1) is 0 Å². The van der Waals surface area contributed by atoms with Crippen LogP contribution in [0, 0.1) is 11.3 Å². The zero-order valence-electron chi connectivity index (χ0n) is 18.1. The number of benzene rings is 2. The largest absolute Gasteiger partial charge is 0.489 e. The number of carbonyl (C=O) groups excluding carboxylic acids is 1. The zero-order chi connectivity index (χ0) is 21.9. The molecule has 2 aromatic rings. The molecule has 0 bridgehead atoms. The van der Waals surface area contributed by atoms with Crippen LogP contribution >= 0.6 is 23.2 Å².